The number of hydrogen-bond acceptors (Lipinski definition) is 5. The van der Waals surface area contributed by atoms with E-state index >= 15 is 0 Å². The van der Waals surface area contributed by atoms with Gasteiger partial charge in [0.2, 0.25) is 0 Å². The van der Waals surface area contributed by atoms with Crippen LogP contribution >= 0.6 is 0 Å². The van der Waals surface area contributed by atoms with Crippen LogP contribution in [0.1, 0.15) is 32.9 Å². The third-order valence-corrected chi connectivity index (χ3v) is 2.37. The number of amides is 1. The van der Waals surface area contributed by atoms with E-state index in [1.807, 2.05) is 0 Å². The van der Waals surface area contributed by atoms with Crippen molar-refractivity contribution in [1.29, 1.82) is 0 Å². The van der Waals surface area contributed by atoms with Crippen LogP contribution in [0.5, 0.6) is 0 Å². The molecule has 1 amide bonds. The van der Waals surface area contributed by atoms with Gasteiger partial charge in [-0.05, 0) is 39.0 Å². The van der Waals surface area contributed by atoms with E-state index in [9.17, 15) is 14.9 Å². The number of ether oxygens (including phenoxy) is 1. The number of nitrogens with zero attached hydrogens (tertiary/aromatic N) is 3. The zero-order valence-corrected chi connectivity index (χ0v) is 12.2. The maximum absolute atomic E-state index is 11.4. The first-order valence-corrected chi connectivity index (χ1v) is 6.35. The molecule has 8 heteroatoms. The molecule has 0 fully saturated rings. The highest BCUT2D eigenvalue weighted by atomic mass is 16.6. The smallest absolute Gasteiger partial charge is 0.407 e. The molecule has 0 aromatic carbocycles. The first-order chi connectivity index (χ1) is 9.19. The van der Waals surface area contributed by atoms with Crippen molar-refractivity contribution in [3.8, 4) is 0 Å². The molecule has 1 aromatic rings. The predicted octanol–water partition coefficient (Wildman–Crippen LogP) is 2.01. The summed E-state index contributed by atoms with van der Waals surface area (Å²) in [4.78, 5) is 21.4. The van der Waals surface area contributed by atoms with Crippen molar-refractivity contribution in [2.24, 2.45) is 0 Å². The maximum atomic E-state index is 11.4. The van der Waals surface area contributed by atoms with Crippen LogP contribution in [-0.2, 0) is 11.3 Å². The Bertz CT molecular complexity index is 490. The van der Waals surface area contributed by atoms with Crippen LogP contribution in [0, 0.1) is 17.0 Å². The summed E-state index contributed by atoms with van der Waals surface area (Å²) < 4.78 is 6.64. The van der Waals surface area contributed by atoms with Crippen LogP contribution in [0.3, 0.4) is 0 Å². The first kappa shape index (κ1) is 15.9. The molecule has 0 aliphatic heterocycles. The minimum Gasteiger partial charge on any atom is -0.444 e. The normalized spacial score (nSPS) is 11.2. The van der Waals surface area contributed by atoms with Gasteiger partial charge in [0.25, 0.3) is 0 Å². The lowest BCUT2D eigenvalue weighted by Gasteiger charge is -2.19. The number of nitro groups is 1. The van der Waals surface area contributed by atoms with Gasteiger partial charge in [-0.2, -0.15) is 4.68 Å². The number of alkyl carbamates (subject to hydrolysis) is 1. The molecule has 0 radical (unpaired) electrons. The second-order valence-corrected chi connectivity index (χ2v) is 5.41. The second kappa shape index (κ2) is 6.36. The Kier molecular flexibility index (Phi) is 5.06. The summed E-state index contributed by atoms with van der Waals surface area (Å²) in [5.74, 6) is -0.164. The van der Waals surface area contributed by atoms with Gasteiger partial charge in [0.15, 0.2) is 0 Å². The second-order valence-electron chi connectivity index (χ2n) is 5.41. The standard InChI is InChI=1S/C12H20N4O4/c1-9-8-10(16(18)19)14-15(9)7-5-6-13-11(17)20-12(2,3)4/h8H,5-7H2,1-4H3,(H,13,17). The first-order valence-electron chi connectivity index (χ1n) is 6.35. The Morgan fingerprint density at radius 1 is 1.55 bits per heavy atom. The number of nitrogens with one attached hydrogen (secondary N) is 1. The third kappa shape index (κ3) is 5.25. The molecule has 0 aliphatic rings. The average Bonchev–Trinajstić information content (AvgIpc) is 2.64. The molecule has 1 heterocycles. The largest absolute Gasteiger partial charge is 0.444 e. The van der Waals surface area contributed by atoms with Crippen LogP contribution in [0.2, 0.25) is 0 Å². The Morgan fingerprint density at radius 2 is 2.20 bits per heavy atom. The molecule has 0 atom stereocenters. The minimum atomic E-state index is -0.525. The fraction of sp³-hybridized carbons (Fsp3) is 0.667. The molecule has 20 heavy (non-hydrogen) atoms. The topological polar surface area (TPSA) is 99.3 Å². The Morgan fingerprint density at radius 3 is 2.70 bits per heavy atom. The highest BCUT2D eigenvalue weighted by Crippen LogP contribution is 2.11. The molecule has 0 bridgehead atoms. The molecule has 1 rings (SSSR count). The molecule has 0 spiro atoms. The van der Waals surface area contributed by atoms with Crippen molar-refractivity contribution in [3.05, 3.63) is 21.9 Å². The summed E-state index contributed by atoms with van der Waals surface area (Å²) in [6.45, 7) is 8.04. The maximum Gasteiger partial charge on any atom is 0.407 e. The molecular weight excluding hydrogens is 264 g/mol. The monoisotopic (exact) mass is 284 g/mol. The van der Waals surface area contributed by atoms with Crippen LogP contribution in [-0.4, -0.2) is 32.9 Å². The summed E-state index contributed by atoms with van der Waals surface area (Å²) >= 11 is 0. The van der Waals surface area contributed by atoms with Gasteiger partial charge in [-0.15, -0.1) is 0 Å². The lowest BCUT2D eigenvalue weighted by molar-refractivity contribution is -0.389. The van der Waals surface area contributed by atoms with Gasteiger partial charge in [0.05, 0.1) is 23.4 Å². The Hall–Kier alpha value is -2.12. The number of hydrogen-bond donors (Lipinski definition) is 1. The van der Waals surface area contributed by atoms with E-state index in [2.05, 4.69) is 10.4 Å². The Labute approximate surface area is 117 Å². The fourth-order valence-electron chi connectivity index (χ4n) is 1.54. The molecule has 0 aliphatic carbocycles. The molecule has 0 saturated heterocycles. The average molecular weight is 284 g/mol. The van der Waals surface area contributed by atoms with E-state index in [1.165, 1.54) is 6.07 Å². The summed E-state index contributed by atoms with van der Waals surface area (Å²) in [5, 5.41) is 17.1. The van der Waals surface area contributed by atoms with Gasteiger partial charge in [-0.1, -0.05) is 0 Å². The van der Waals surface area contributed by atoms with Crippen molar-refractivity contribution < 1.29 is 14.5 Å². The molecule has 112 valence electrons. The highest BCUT2D eigenvalue weighted by Gasteiger charge is 2.16. The Balaban J connectivity index is 2.35. The van der Waals surface area contributed by atoms with Gasteiger partial charge >= 0.3 is 11.9 Å². The van der Waals surface area contributed by atoms with Crippen molar-refractivity contribution in [1.82, 2.24) is 15.1 Å². The van der Waals surface area contributed by atoms with Crippen molar-refractivity contribution in [2.75, 3.05) is 6.54 Å². The van der Waals surface area contributed by atoms with Crippen LogP contribution in [0.4, 0.5) is 10.6 Å². The quantitative estimate of drug-likeness (QED) is 0.506. The molecule has 0 saturated carbocycles. The summed E-state index contributed by atoms with van der Waals surface area (Å²) in [5.41, 5.74) is 0.192. The molecule has 1 N–H and O–H groups in total. The number of aromatic nitrogens is 2. The lowest BCUT2D eigenvalue weighted by Crippen LogP contribution is -2.33. The van der Waals surface area contributed by atoms with Crippen molar-refractivity contribution in [3.63, 3.8) is 0 Å². The number of aryl methyl sites for hydroxylation is 2. The summed E-state index contributed by atoms with van der Waals surface area (Å²) in [6.07, 6.45) is 0.138. The van der Waals surface area contributed by atoms with E-state index in [4.69, 9.17) is 4.74 Å². The third-order valence-electron chi connectivity index (χ3n) is 2.37. The molecule has 1 aromatic heterocycles. The number of rotatable bonds is 5. The van der Waals surface area contributed by atoms with Gasteiger partial charge in [-0.3, -0.25) is 0 Å². The van der Waals surface area contributed by atoms with Gasteiger partial charge in [0, 0.05) is 6.54 Å². The SMILES string of the molecule is Cc1cc([N+](=O)[O-])nn1CCCNC(=O)OC(C)(C)C. The lowest BCUT2D eigenvalue weighted by atomic mass is 10.2. The van der Waals surface area contributed by atoms with Gasteiger partial charge in [0.1, 0.15) is 5.60 Å². The van der Waals surface area contributed by atoms with E-state index in [1.54, 1.807) is 32.4 Å². The van der Waals surface area contributed by atoms with Crippen LogP contribution < -0.4 is 5.32 Å². The summed E-state index contributed by atoms with van der Waals surface area (Å²) in [7, 11) is 0. The van der Waals surface area contributed by atoms with Gasteiger partial charge < -0.3 is 20.2 Å². The fourth-order valence-corrected chi connectivity index (χ4v) is 1.54. The zero-order valence-electron chi connectivity index (χ0n) is 12.2. The molecule has 8 nitrogen and oxygen atoms in total. The van der Waals surface area contributed by atoms with Gasteiger partial charge in [-0.25, -0.2) is 4.79 Å². The van der Waals surface area contributed by atoms with E-state index in [0.29, 0.717) is 25.2 Å². The molecular formula is C12H20N4O4. The minimum absolute atomic E-state index is 0.164. The van der Waals surface area contributed by atoms with Crippen molar-refractivity contribution in [2.45, 2.75) is 46.3 Å². The van der Waals surface area contributed by atoms with Crippen LogP contribution in [0.15, 0.2) is 6.07 Å². The predicted molar refractivity (Wildman–Crippen MR) is 72.5 cm³/mol. The number of carbonyl (C=O) groups excluding carboxylic acids is 1. The van der Waals surface area contributed by atoms with E-state index in [-0.39, 0.29) is 5.82 Å². The van der Waals surface area contributed by atoms with Crippen molar-refractivity contribution >= 4 is 11.9 Å². The summed E-state index contributed by atoms with van der Waals surface area (Å²) in [6, 6.07) is 1.42. The molecule has 0 unspecified atom stereocenters. The highest BCUT2D eigenvalue weighted by molar-refractivity contribution is 5.67. The number of carbonyl (C=O) groups is 1. The zero-order chi connectivity index (χ0) is 15.3. The van der Waals surface area contributed by atoms with E-state index in [0.717, 1.165) is 0 Å². The van der Waals surface area contributed by atoms with E-state index < -0.39 is 16.6 Å². The van der Waals surface area contributed by atoms with Crippen LogP contribution in [0.25, 0.3) is 0 Å².